The molecule has 66 valence electrons. The third-order valence-corrected chi connectivity index (χ3v) is 2.96. The van der Waals surface area contributed by atoms with E-state index >= 15 is 0 Å². The van der Waals surface area contributed by atoms with Gasteiger partial charge in [-0.15, -0.1) is 37.2 Å². The molecule has 0 saturated carbocycles. The van der Waals surface area contributed by atoms with Crippen molar-refractivity contribution in [2.24, 2.45) is 0 Å². The molecular formula is C7H13Cl3Ge. The van der Waals surface area contributed by atoms with Crippen LogP contribution in [0.2, 0.25) is 0 Å². The van der Waals surface area contributed by atoms with Gasteiger partial charge in [-0.25, -0.2) is 0 Å². The van der Waals surface area contributed by atoms with E-state index in [0.29, 0.717) is 0 Å². The zero-order valence-electron chi connectivity index (χ0n) is 6.32. The Balaban J connectivity index is -0.000000213. The molecule has 0 fully saturated rings. The van der Waals surface area contributed by atoms with Gasteiger partial charge in [0.15, 0.2) is 0 Å². The second kappa shape index (κ2) is 10.6. The van der Waals surface area contributed by atoms with E-state index in [1.807, 2.05) is 0 Å². The predicted octanol–water partition coefficient (Wildman–Crippen LogP) is 1.82. The van der Waals surface area contributed by atoms with E-state index in [-0.39, 0.29) is 37.2 Å². The maximum absolute atomic E-state index is 2.19. The first-order valence-electron chi connectivity index (χ1n) is 2.97. The van der Waals surface area contributed by atoms with Gasteiger partial charge >= 0.3 is 57.7 Å². The Morgan fingerprint density at radius 2 is 1.36 bits per heavy atom. The summed E-state index contributed by atoms with van der Waals surface area (Å²) >= 11 is 0.967. The Morgan fingerprint density at radius 3 is 1.64 bits per heavy atom. The Labute approximate surface area is 94.6 Å². The minimum atomic E-state index is 0. The molecule has 0 saturated heterocycles. The van der Waals surface area contributed by atoms with Gasteiger partial charge in [-0.05, 0) is 0 Å². The van der Waals surface area contributed by atoms with Gasteiger partial charge in [0.25, 0.3) is 0 Å². The fraction of sp³-hybridized carbons (Fsp3) is 0.143. The molecule has 0 amide bonds. The number of benzene rings is 1. The van der Waals surface area contributed by atoms with Crippen LogP contribution in [0.1, 0.15) is 5.56 Å². The van der Waals surface area contributed by atoms with Crippen molar-refractivity contribution in [3.05, 3.63) is 35.9 Å². The van der Waals surface area contributed by atoms with E-state index in [0.717, 1.165) is 16.5 Å². The molecule has 1 rings (SSSR count). The molecule has 1 aromatic carbocycles. The van der Waals surface area contributed by atoms with E-state index in [2.05, 4.69) is 30.3 Å². The van der Waals surface area contributed by atoms with Crippen LogP contribution in [0.15, 0.2) is 30.3 Å². The number of halogens is 3. The second-order valence-electron chi connectivity index (χ2n) is 1.84. The minimum absolute atomic E-state index is 0. The summed E-state index contributed by atoms with van der Waals surface area (Å²) < 4.78 is 0. The Kier molecular flexibility index (Phi) is 17.1. The monoisotopic (exact) mass is 276 g/mol. The number of rotatable bonds is 1. The Morgan fingerprint density at radius 1 is 0.909 bits per heavy atom. The molecule has 0 heterocycles. The first-order valence-corrected chi connectivity index (χ1v) is 5.94. The molecule has 0 atom stereocenters. The zero-order valence-corrected chi connectivity index (χ0v) is 13.0. The molecular weight excluding hydrogens is 263 g/mol. The molecule has 0 aliphatic carbocycles. The zero-order chi connectivity index (χ0) is 5.82. The van der Waals surface area contributed by atoms with Crippen molar-refractivity contribution in [2.75, 3.05) is 0 Å². The van der Waals surface area contributed by atoms with Crippen LogP contribution in [0.3, 0.4) is 0 Å². The Hall–Kier alpha value is 0.633. The summed E-state index contributed by atoms with van der Waals surface area (Å²) in [5.41, 5.74) is 1.49. The molecule has 0 nitrogen and oxygen atoms in total. The van der Waals surface area contributed by atoms with E-state index < -0.39 is 0 Å². The van der Waals surface area contributed by atoms with Gasteiger partial charge in [-0.3, -0.25) is 0 Å². The fourth-order valence-corrected chi connectivity index (χ4v) is 1.70. The average Bonchev–Trinajstić information content (AvgIpc) is 1.90. The summed E-state index contributed by atoms with van der Waals surface area (Å²) in [6.45, 7) is 0. The van der Waals surface area contributed by atoms with Gasteiger partial charge in [-0.2, -0.15) is 0 Å². The van der Waals surface area contributed by atoms with Crippen molar-refractivity contribution in [1.82, 2.24) is 0 Å². The van der Waals surface area contributed by atoms with Crippen LogP contribution in [-0.4, -0.2) is 16.5 Å². The van der Waals surface area contributed by atoms with Crippen molar-refractivity contribution < 1.29 is 0 Å². The second-order valence-corrected chi connectivity index (χ2v) is 3.32. The van der Waals surface area contributed by atoms with Gasteiger partial charge in [-0.1, -0.05) is 0 Å². The van der Waals surface area contributed by atoms with E-state index in [1.54, 1.807) is 0 Å². The number of hydrogen-bond donors (Lipinski definition) is 0. The first-order chi connectivity index (χ1) is 3.93. The van der Waals surface area contributed by atoms with Crippen LogP contribution in [0, 0.1) is 0 Å². The van der Waals surface area contributed by atoms with Crippen LogP contribution < -0.4 is 0 Å². The summed E-state index contributed by atoms with van der Waals surface area (Å²) in [4.78, 5) is 0. The Bertz CT molecular complexity index is 155. The molecule has 0 bridgehead atoms. The molecule has 0 N–H and O–H groups in total. The topological polar surface area (TPSA) is 0 Å². The molecule has 4 heteroatoms. The normalized spacial score (nSPS) is 6.91. The van der Waals surface area contributed by atoms with Crippen LogP contribution in [0.25, 0.3) is 0 Å². The molecule has 11 heavy (non-hydrogen) atoms. The quantitative estimate of drug-likeness (QED) is 0.686. The van der Waals surface area contributed by atoms with Crippen LogP contribution in [-0.2, 0) is 5.25 Å². The summed E-state index contributed by atoms with van der Waals surface area (Å²) in [7, 11) is 0. The summed E-state index contributed by atoms with van der Waals surface area (Å²) in [6.07, 6.45) is 0. The number of hydrogen-bond acceptors (Lipinski definition) is 0. The van der Waals surface area contributed by atoms with Gasteiger partial charge in [0.05, 0.1) is 0 Å². The van der Waals surface area contributed by atoms with Crippen molar-refractivity contribution in [1.29, 1.82) is 0 Å². The van der Waals surface area contributed by atoms with E-state index in [4.69, 9.17) is 0 Å². The first kappa shape index (κ1) is 17.6. The standard InChI is InChI=1S/C7H10Ge.3ClH/c8-6-7-4-2-1-3-5-7;;;/h1-5H,6H2,8H3;3*1H. The van der Waals surface area contributed by atoms with Crippen molar-refractivity contribution in [2.45, 2.75) is 5.25 Å². The van der Waals surface area contributed by atoms with Gasteiger partial charge in [0.1, 0.15) is 0 Å². The SMILES string of the molecule is Cl.Cl.Cl.[GeH3][CH2]c1ccccc1. The van der Waals surface area contributed by atoms with Crippen molar-refractivity contribution in [3.8, 4) is 0 Å². The predicted molar refractivity (Wildman–Crippen MR) is 61.8 cm³/mol. The molecule has 0 aromatic heterocycles. The molecule has 0 aliphatic heterocycles. The molecule has 0 radical (unpaired) electrons. The van der Waals surface area contributed by atoms with Gasteiger partial charge in [0.2, 0.25) is 0 Å². The van der Waals surface area contributed by atoms with Crippen molar-refractivity contribution >= 4 is 53.7 Å². The van der Waals surface area contributed by atoms with E-state index in [9.17, 15) is 0 Å². The van der Waals surface area contributed by atoms with Crippen molar-refractivity contribution in [3.63, 3.8) is 0 Å². The molecule has 0 spiro atoms. The summed E-state index contributed by atoms with van der Waals surface area (Å²) in [5, 5.41) is 1.33. The van der Waals surface area contributed by atoms with Gasteiger partial charge < -0.3 is 0 Å². The van der Waals surface area contributed by atoms with Crippen LogP contribution in [0.5, 0.6) is 0 Å². The molecule has 0 aliphatic rings. The van der Waals surface area contributed by atoms with Crippen LogP contribution >= 0.6 is 37.2 Å². The third-order valence-electron chi connectivity index (χ3n) is 1.25. The fourth-order valence-electron chi connectivity index (χ4n) is 0.714. The van der Waals surface area contributed by atoms with Crippen LogP contribution in [0.4, 0.5) is 0 Å². The maximum atomic E-state index is 2.19. The average molecular weight is 276 g/mol. The van der Waals surface area contributed by atoms with E-state index in [1.165, 1.54) is 10.8 Å². The molecule has 0 unspecified atom stereocenters. The summed E-state index contributed by atoms with van der Waals surface area (Å²) in [6, 6.07) is 10.6. The summed E-state index contributed by atoms with van der Waals surface area (Å²) in [5.74, 6) is 0. The third kappa shape index (κ3) is 7.01. The van der Waals surface area contributed by atoms with Gasteiger partial charge in [0, 0.05) is 0 Å². The molecule has 1 aromatic rings.